The van der Waals surface area contributed by atoms with E-state index in [2.05, 4.69) is 15.3 Å². The third kappa shape index (κ3) is 7.23. The molecule has 0 saturated carbocycles. The van der Waals surface area contributed by atoms with E-state index in [1.54, 1.807) is 11.8 Å². The number of hydrogen-bond donors (Lipinski definition) is 3. The van der Waals surface area contributed by atoms with E-state index in [0.29, 0.717) is 17.4 Å². The lowest BCUT2D eigenvalue weighted by Gasteiger charge is -2.04. The van der Waals surface area contributed by atoms with Gasteiger partial charge in [-0.2, -0.15) is 24.9 Å². The third-order valence-corrected chi connectivity index (χ3v) is 3.56. The molecular formula is C9H14F3N5S2. The second-order valence-corrected chi connectivity index (χ2v) is 5.39. The van der Waals surface area contributed by atoms with Crippen molar-refractivity contribution in [2.45, 2.75) is 11.9 Å². The van der Waals surface area contributed by atoms with Crippen LogP contribution in [0.5, 0.6) is 0 Å². The van der Waals surface area contributed by atoms with Crippen LogP contribution in [0.2, 0.25) is 0 Å². The van der Waals surface area contributed by atoms with Gasteiger partial charge in [-0.15, -0.1) is 11.3 Å². The average Bonchev–Trinajstić information content (AvgIpc) is 2.74. The molecule has 0 amide bonds. The number of rotatable bonds is 6. The van der Waals surface area contributed by atoms with Gasteiger partial charge in [-0.05, 0) is 0 Å². The number of aromatic nitrogens is 1. The number of nitrogens with zero attached hydrogens (tertiary/aromatic N) is 2. The monoisotopic (exact) mass is 313 g/mol. The zero-order chi connectivity index (χ0) is 14.3. The molecule has 10 heteroatoms. The molecular weight excluding hydrogens is 299 g/mol. The van der Waals surface area contributed by atoms with Gasteiger partial charge in [0.2, 0.25) is 0 Å². The summed E-state index contributed by atoms with van der Waals surface area (Å²) in [4.78, 5) is 7.35. The molecule has 1 heterocycles. The molecule has 0 atom stereocenters. The number of anilines is 1. The Bertz CT molecular complexity index is 418. The lowest BCUT2D eigenvalue weighted by Crippen LogP contribution is -2.25. The maximum Gasteiger partial charge on any atom is 0.408 e. The zero-order valence-corrected chi connectivity index (χ0v) is 11.5. The smallest absolute Gasteiger partial charge is 0.370 e. The van der Waals surface area contributed by atoms with E-state index in [4.69, 9.17) is 11.5 Å². The number of alkyl halides is 3. The van der Waals surface area contributed by atoms with Crippen LogP contribution < -0.4 is 16.8 Å². The van der Waals surface area contributed by atoms with Crippen LogP contribution in [0, 0.1) is 0 Å². The number of aliphatic imine (C=N–C) groups is 1. The van der Waals surface area contributed by atoms with Gasteiger partial charge in [0.05, 0.1) is 5.69 Å². The first-order valence-corrected chi connectivity index (χ1v) is 7.30. The van der Waals surface area contributed by atoms with Crippen molar-refractivity contribution >= 4 is 34.2 Å². The van der Waals surface area contributed by atoms with E-state index < -0.39 is 12.7 Å². The lowest BCUT2D eigenvalue weighted by atomic mass is 10.6. The van der Waals surface area contributed by atoms with Crippen molar-refractivity contribution in [3.8, 4) is 0 Å². The van der Waals surface area contributed by atoms with Crippen molar-refractivity contribution in [3.05, 3.63) is 11.1 Å². The van der Waals surface area contributed by atoms with Gasteiger partial charge in [0.25, 0.3) is 0 Å². The molecule has 0 spiro atoms. The van der Waals surface area contributed by atoms with Crippen molar-refractivity contribution < 1.29 is 13.2 Å². The lowest BCUT2D eigenvalue weighted by molar-refractivity contribution is -0.118. The predicted octanol–water partition coefficient (Wildman–Crippen LogP) is 1.62. The van der Waals surface area contributed by atoms with Crippen LogP contribution >= 0.6 is 23.1 Å². The summed E-state index contributed by atoms with van der Waals surface area (Å²) < 4.78 is 35.7. The molecule has 0 saturated heterocycles. The van der Waals surface area contributed by atoms with Gasteiger partial charge in [-0.3, -0.25) is 0 Å². The van der Waals surface area contributed by atoms with Crippen LogP contribution in [0.4, 0.5) is 18.3 Å². The summed E-state index contributed by atoms with van der Waals surface area (Å²) in [6, 6.07) is 0. The summed E-state index contributed by atoms with van der Waals surface area (Å²) in [7, 11) is 0. The fraction of sp³-hybridized carbons (Fsp3) is 0.556. The summed E-state index contributed by atoms with van der Waals surface area (Å²) in [5.41, 5.74) is 11.5. The van der Waals surface area contributed by atoms with Crippen LogP contribution in [0.3, 0.4) is 0 Å². The van der Waals surface area contributed by atoms with Crippen molar-refractivity contribution in [2.75, 3.05) is 24.2 Å². The third-order valence-electron chi connectivity index (χ3n) is 1.73. The molecule has 0 aliphatic carbocycles. The number of hydrogen-bond acceptors (Lipinski definition) is 5. The molecule has 1 aromatic rings. The molecule has 19 heavy (non-hydrogen) atoms. The molecule has 1 aromatic heterocycles. The Morgan fingerprint density at radius 3 is 2.89 bits per heavy atom. The first-order valence-electron chi connectivity index (χ1n) is 5.26. The van der Waals surface area contributed by atoms with Crippen LogP contribution in [0.25, 0.3) is 0 Å². The minimum Gasteiger partial charge on any atom is -0.370 e. The fourth-order valence-corrected chi connectivity index (χ4v) is 2.51. The second kappa shape index (κ2) is 7.56. The van der Waals surface area contributed by atoms with E-state index in [-0.39, 0.29) is 5.96 Å². The van der Waals surface area contributed by atoms with Crippen LogP contribution in [-0.4, -0.2) is 36.0 Å². The molecule has 5 N–H and O–H groups in total. The fourth-order valence-electron chi connectivity index (χ4n) is 1.01. The zero-order valence-electron chi connectivity index (χ0n) is 9.91. The number of guanidine groups is 1. The van der Waals surface area contributed by atoms with Crippen LogP contribution in [0.1, 0.15) is 5.69 Å². The summed E-state index contributed by atoms with van der Waals surface area (Å²) in [6.45, 7) is -0.715. The number of thioether (sulfide) groups is 1. The maximum atomic E-state index is 11.9. The molecule has 0 aliphatic rings. The Hall–Kier alpha value is -1.00. The molecule has 0 fully saturated rings. The number of halogens is 3. The Morgan fingerprint density at radius 1 is 1.53 bits per heavy atom. The molecule has 108 valence electrons. The molecule has 0 aromatic carbocycles. The standard InChI is InChI=1S/C9H14F3N5S2/c10-9(11,12)5-15-7(14)17-8-16-6(4-19-8)3-18-2-1-13/h4H,1-3,5,13H2,(H3,14,15,16,17). The molecule has 0 radical (unpaired) electrons. The van der Waals surface area contributed by atoms with Gasteiger partial charge < -0.3 is 16.8 Å². The predicted molar refractivity (Wildman–Crippen MR) is 73.5 cm³/mol. The maximum absolute atomic E-state index is 11.9. The second-order valence-electron chi connectivity index (χ2n) is 3.43. The highest BCUT2D eigenvalue weighted by molar-refractivity contribution is 7.98. The Balaban J connectivity index is 2.44. The summed E-state index contributed by atoms with van der Waals surface area (Å²) in [6.07, 6.45) is -4.36. The van der Waals surface area contributed by atoms with E-state index in [1.165, 1.54) is 11.3 Å². The summed E-state index contributed by atoms with van der Waals surface area (Å²) in [5, 5.41) is 4.76. The SMILES string of the molecule is NCCSCc1csc(NC(N)=NCC(F)(F)F)n1. The van der Waals surface area contributed by atoms with Crippen molar-refractivity contribution in [2.24, 2.45) is 16.5 Å². The highest BCUT2D eigenvalue weighted by Crippen LogP contribution is 2.19. The summed E-state index contributed by atoms with van der Waals surface area (Å²) in [5.74, 6) is 1.23. The summed E-state index contributed by atoms with van der Waals surface area (Å²) >= 11 is 2.89. The van der Waals surface area contributed by atoms with Crippen LogP contribution in [0.15, 0.2) is 10.4 Å². The van der Waals surface area contributed by atoms with E-state index >= 15 is 0 Å². The van der Waals surface area contributed by atoms with Crippen LogP contribution in [-0.2, 0) is 5.75 Å². The quantitative estimate of drug-likeness (QED) is 0.422. The number of nitrogens with one attached hydrogen (secondary N) is 1. The van der Waals surface area contributed by atoms with Crippen molar-refractivity contribution in [3.63, 3.8) is 0 Å². The van der Waals surface area contributed by atoms with E-state index in [9.17, 15) is 13.2 Å². The first kappa shape index (κ1) is 16.1. The Labute approximate surface area is 116 Å². The topological polar surface area (TPSA) is 89.3 Å². The minimum atomic E-state index is -4.36. The molecule has 0 aliphatic heterocycles. The first-order chi connectivity index (χ1) is 8.90. The van der Waals surface area contributed by atoms with Crippen molar-refractivity contribution in [1.29, 1.82) is 0 Å². The van der Waals surface area contributed by atoms with Gasteiger partial charge in [0.1, 0.15) is 6.54 Å². The van der Waals surface area contributed by atoms with Gasteiger partial charge in [-0.1, -0.05) is 0 Å². The van der Waals surface area contributed by atoms with Gasteiger partial charge in [0.15, 0.2) is 11.1 Å². The van der Waals surface area contributed by atoms with E-state index in [1.807, 2.05) is 5.38 Å². The number of thiazole rings is 1. The van der Waals surface area contributed by atoms with E-state index in [0.717, 1.165) is 11.4 Å². The van der Waals surface area contributed by atoms with Gasteiger partial charge in [0, 0.05) is 23.4 Å². The highest BCUT2D eigenvalue weighted by Gasteiger charge is 2.26. The highest BCUT2D eigenvalue weighted by atomic mass is 32.2. The average molecular weight is 313 g/mol. The van der Waals surface area contributed by atoms with Gasteiger partial charge >= 0.3 is 6.18 Å². The number of nitrogens with two attached hydrogens (primary N) is 2. The normalized spacial score (nSPS) is 12.7. The Kier molecular flexibility index (Phi) is 6.38. The largest absolute Gasteiger partial charge is 0.408 e. The van der Waals surface area contributed by atoms with Crippen molar-refractivity contribution in [1.82, 2.24) is 4.98 Å². The molecule has 0 bridgehead atoms. The van der Waals surface area contributed by atoms with Gasteiger partial charge in [-0.25, -0.2) is 9.98 Å². The molecule has 5 nitrogen and oxygen atoms in total. The molecule has 1 rings (SSSR count). The minimum absolute atomic E-state index is 0.298. The molecule has 0 unspecified atom stereocenters. The Morgan fingerprint density at radius 2 is 2.26 bits per heavy atom.